The number of hydrogen-bond donors (Lipinski definition) is 1. The number of aldehydes is 1. The van der Waals surface area contributed by atoms with Crippen LogP contribution in [0.2, 0.25) is 0 Å². The summed E-state index contributed by atoms with van der Waals surface area (Å²) in [6, 6.07) is 3.19. The number of ether oxygens (including phenoxy) is 2. The molecule has 1 unspecified atom stereocenters. The summed E-state index contributed by atoms with van der Waals surface area (Å²) in [6.07, 6.45) is 1.11. The van der Waals surface area contributed by atoms with Crippen molar-refractivity contribution in [1.29, 1.82) is 0 Å². The summed E-state index contributed by atoms with van der Waals surface area (Å²) in [5.41, 5.74) is 0.922. The quantitative estimate of drug-likeness (QED) is 0.802. The Bertz CT molecular complexity index is 543. The van der Waals surface area contributed by atoms with E-state index < -0.39 is 6.10 Å². The molecule has 6 heteroatoms. The highest BCUT2D eigenvalue weighted by Gasteiger charge is 2.35. The molecule has 0 spiro atoms. The summed E-state index contributed by atoms with van der Waals surface area (Å²) in [4.78, 5) is 25.0. The Labute approximate surface area is 123 Å². The first-order chi connectivity index (χ1) is 10.2. The average Bonchev–Trinajstić information content (AvgIpc) is 2.52. The first-order valence-corrected chi connectivity index (χ1v) is 6.92. The van der Waals surface area contributed by atoms with Crippen LogP contribution in [-0.2, 0) is 4.79 Å². The fourth-order valence-corrected chi connectivity index (χ4v) is 2.35. The van der Waals surface area contributed by atoms with Crippen molar-refractivity contribution in [2.45, 2.75) is 25.9 Å². The van der Waals surface area contributed by atoms with E-state index >= 15 is 0 Å². The van der Waals surface area contributed by atoms with Crippen molar-refractivity contribution in [2.24, 2.45) is 0 Å². The summed E-state index contributed by atoms with van der Waals surface area (Å²) >= 11 is 0. The van der Waals surface area contributed by atoms with Crippen molar-refractivity contribution < 1.29 is 24.2 Å². The first kappa shape index (κ1) is 15.3. The van der Waals surface area contributed by atoms with Crippen LogP contribution in [0.5, 0.6) is 11.5 Å². The number of hydrogen-bond acceptors (Lipinski definition) is 5. The van der Waals surface area contributed by atoms with Gasteiger partial charge in [-0.3, -0.25) is 9.59 Å². The van der Waals surface area contributed by atoms with E-state index in [1.54, 1.807) is 17.0 Å². The maximum absolute atomic E-state index is 12.4. The summed E-state index contributed by atoms with van der Waals surface area (Å²) in [5, 5.41) is 9.01. The molecule has 0 saturated heterocycles. The molecule has 0 radical (unpaired) electrons. The van der Waals surface area contributed by atoms with Crippen molar-refractivity contribution in [3.8, 4) is 11.5 Å². The number of rotatable bonds is 6. The second kappa shape index (κ2) is 6.58. The van der Waals surface area contributed by atoms with E-state index in [0.717, 1.165) is 0 Å². The van der Waals surface area contributed by atoms with Crippen molar-refractivity contribution in [2.75, 3.05) is 25.2 Å². The zero-order chi connectivity index (χ0) is 15.4. The third-order valence-corrected chi connectivity index (χ3v) is 3.42. The van der Waals surface area contributed by atoms with Gasteiger partial charge in [-0.05, 0) is 25.0 Å². The van der Waals surface area contributed by atoms with Crippen LogP contribution in [-0.4, -0.2) is 43.7 Å². The summed E-state index contributed by atoms with van der Waals surface area (Å²) in [7, 11) is 1.49. The smallest absolute Gasteiger partial charge is 0.268 e. The topological polar surface area (TPSA) is 76.1 Å². The third-order valence-electron chi connectivity index (χ3n) is 3.42. The molecule has 0 fully saturated rings. The summed E-state index contributed by atoms with van der Waals surface area (Å²) in [5.74, 6) is 0.727. The molecule has 0 aliphatic carbocycles. The molecule has 1 aliphatic heterocycles. The largest absolute Gasteiger partial charge is 0.493 e. The number of aliphatic hydroxyl groups is 1. The van der Waals surface area contributed by atoms with Crippen LogP contribution >= 0.6 is 0 Å². The van der Waals surface area contributed by atoms with E-state index in [1.807, 2.05) is 6.92 Å². The Hall–Kier alpha value is -2.08. The number of fused-ring (bicyclic) bond motifs is 1. The molecular formula is C15H19NO5. The van der Waals surface area contributed by atoms with Gasteiger partial charge in [-0.25, -0.2) is 0 Å². The minimum Gasteiger partial charge on any atom is -0.493 e. The van der Waals surface area contributed by atoms with Crippen molar-refractivity contribution in [3.05, 3.63) is 17.7 Å². The summed E-state index contributed by atoms with van der Waals surface area (Å²) in [6.45, 7) is 2.22. The fourth-order valence-electron chi connectivity index (χ4n) is 2.35. The van der Waals surface area contributed by atoms with E-state index in [-0.39, 0.29) is 12.5 Å². The van der Waals surface area contributed by atoms with Crippen LogP contribution in [0.4, 0.5) is 5.69 Å². The zero-order valence-electron chi connectivity index (χ0n) is 12.2. The molecule has 1 atom stereocenters. The molecule has 1 aliphatic rings. The number of carbonyl (C=O) groups is 2. The van der Waals surface area contributed by atoms with Gasteiger partial charge < -0.3 is 19.5 Å². The number of aliphatic hydroxyl groups excluding tert-OH is 1. The SMILES string of the molecule is CCC1Oc2c(OC)cc(C=O)cc2N(CCCO)C1=O. The van der Waals surface area contributed by atoms with Gasteiger partial charge in [0.2, 0.25) is 0 Å². The molecule has 2 rings (SSSR count). The highest BCUT2D eigenvalue weighted by atomic mass is 16.5. The van der Waals surface area contributed by atoms with Crippen LogP contribution in [0, 0.1) is 0 Å². The standard InChI is InChI=1S/C15H19NO5/c1-3-12-15(19)16(5-4-6-17)11-7-10(9-18)8-13(20-2)14(11)21-12/h7-9,12,17H,3-6H2,1-2H3. The molecule has 1 heterocycles. The second-order valence-electron chi connectivity index (χ2n) is 4.77. The maximum Gasteiger partial charge on any atom is 0.268 e. The number of benzene rings is 1. The van der Waals surface area contributed by atoms with Gasteiger partial charge in [0.1, 0.15) is 6.29 Å². The van der Waals surface area contributed by atoms with Crippen LogP contribution in [0.25, 0.3) is 0 Å². The molecular weight excluding hydrogens is 274 g/mol. The lowest BCUT2D eigenvalue weighted by molar-refractivity contribution is -0.126. The number of carbonyl (C=O) groups excluding carboxylic acids is 2. The predicted molar refractivity (Wildman–Crippen MR) is 77.1 cm³/mol. The molecule has 21 heavy (non-hydrogen) atoms. The lowest BCUT2D eigenvalue weighted by atomic mass is 10.1. The Balaban J connectivity index is 2.52. The molecule has 1 aromatic carbocycles. The lowest BCUT2D eigenvalue weighted by Gasteiger charge is -2.35. The fraction of sp³-hybridized carbons (Fsp3) is 0.467. The van der Waals surface area contributed by atoms with Gasteiger partial charge in [-0.1, -0.05) is 6.92 Å². The normalized spacial score (nSPS) is 17.2. The van der Waals surface area contributed by atoms with E-state index in [9.17, 15) is 9.59 Å². The molecule has 1 aromatic rings. The molecule has 0 aromatic heterocycles. The van der Waals surface area contributed by atoms with Gasteiger partial charge in [0.25, 0.3) is 5.91 Å². The van der Waals surface area contributed by atoms with Gasteiger partial charge in [0.05, 0.1) is 12.8 Å². The predicted octanol–water partition coefficient (Wildman–Crippen LogP) is 1.39. The van der Waals surface area contributed by atoms with Gasteiger partial charge >= 0.3 is 0 Å². The second-order valence-corrected chi connectivity index (χ2v) is 4.77. The Morgan fingerprint density at radius 2 is 2.24 bits per heavy atom. The van der Waals surface area contributed by atoms with E-state index in [4.69, 9.17) is 14.6 Å². The van der Waals surface area contributed by atoms with Crippen LogP contribution in [0.3, 0.4) is 0 Å². The third kappa shape index (κ3) is 2.85. The van der Waals surface area contributed by atoms with Crippen LogP contribution in [0.1, 0.15) is 30.1 Å². The average molecular weight is 293 g/mol. The van der Waals surface area contributed by atoms with Gasteiger partial charge in [-0.15, -0.1) is 0 Å². The van der Waals surface area contributed by atoms with Crippen LogP contribution < -0.4 is 14.4 Å². The highest BCUT2D eigenvalue weighted by Crippen LogP contribution is 2.43. The zero-order valence-corrected chi connectivity index (χ0v) is 12.2. The van der Waals surface area contributed by atoms with Gasteiger partial charge in [0, 0.05) is 18.7 Å². The molecule has 6 nitrogen and oxygen atoms in total. The van der Waals surface area contributed by atoms with Gasteiger partial charge in [0.15, 0.2) is 17.6 Å². The summed E-state index contributed by atoms with van der Waals surface area (Å²) < 4.78 is 11.0. The molecule has 0 saturated carbocycles. The van der Waals surface area contributed by atoms with Crippen molar-refractivity contribution >= 4 is 17.9 Å². The molecule has 114 valence electrons. The van der Waals surface area contributed by atoms with Crippen LogP contribution in [0.15, 0.2) is 12.1 Å². The van der Waals surface area contributed by atoms with Crippen molar-refractivity contribution in [1.82, 2.24) is 0 Å². The lowest BCUT2D eigenvalue weighted by Crippen LogP contribution is -2.46. The number of methoxy groups -OCH3 is 1. The number of amides is 1. The molecule has 1 N–H and O–H groups in total. The first-order valence-electron chi connectivity index (χ1n) is 6.92. The Morgan fingerprint density at radius 1 is 1.48 bits per heavy atom. The molecule has 0 bridgehead atoms. The Kier molecular flexibility index (Phi) is 4.80. The number of nitrogens with zero attached hydrogens (tertiary/aromatic N) is 1. The Morgan fingerprint density at radius 3 is 2.81 bits per heavy atom. The van der Waals surface area contributed by atoms with E-state index in [2.05, 4.69) is 0 Å². The minimum atomic E-state index is -0.577. The van der Waals surface area contributed by atoms with E-state index in [1.165, 1.54) is 7.11 Å². The van der Waals surface area contributed by atoms with Gasteiger partial charge in [-0.2, -0.15) is 0 Å². The minimum absolute atomic E-state index is 0.0126. The molecule has 1 amide bonds. The van der Waals surface area contributed by atoms with Crippen molar-refractivity contribution in [3.63, 3.8) is 0 Å². The number of anilines is 1. The van der Waals surface area contributed by atoms with E-state index in [0.29, 0.717) is 48.4 Å². The monoisotopic (exact) mass is 293 g/mol. The highest BCUT2D eigenvalue weighted by molar-refractivity contribution is 6.01. The maximum atomic E-state index is 12.4.